The highest BCUT2D eigenvalue weighted by Gasteiger charge is 2.37. The second kappa shape index (κ2) is 21.4. The van der Waals surface area contributed by atoms with Gasteiger partial charge in [-0.15, -0.1) is 6.58 Å². The lowest BCUT2D eigenvalue weighted by Gasteiger charge is -2.45. The molecular formula is C40H53F2N5O6. The number of aromatic nitrogens is 2. The SMILES string of the molecule is C=CC.CC.COC.COC.COc1ccc(CN2Cc3nc(-c4c(F)cccc4F)cc(Nc4ccc(N5CC(C)(O)C5)cn4)c3C2=O)c(OC)c1. The van der Waals surface area contributed by atoms with Crippen LogP contribution >= 0.6 is 0 Å². The Morgan fingerprint density at radius 1 is 0.943 bits per heavy atom. The molecule has 2 N–H and O–H groups in total. The smallest absolute Gasteiger partial charge is 0.258 e. The second-order valence-electron chi connectivity index (χ2n) is 11.9. The van der Waals surface area contributed by atoms with E-state index in [0.717, 1.165) is 11.3 Å². The number of hydrogen-bond donors (Lipinski definition) is 2. The normalized spacial score (nSPS) is 13.2. The van der Waals surface area contributed by atoms with Crippen molar-refractivity contribution in [2.45, 2.75) is 46.4 Å². The van der Waals surface area contributed by atoms with Gasteiger partial charge in [0.1, 0.15) is 29.0 Å². The van der Waals surface area contributed by atoms with Gasteiger partial charge in [-0.05, 0) is 56.3 Å². The third-order valence-electron chi connectivity index (χ3n) is 7.45. The number of amides is 1. The van der Waals surface area contributed by atoms with E-state index in [9.17, 15) is 18.7 Å². The molecule has 2 aromatic carbocycles. The van der Waals surface area contributed by atoms with Gasteiger partial charge in [-0.1, -0.05) is 26.0 Å². The first kappa shape index (κ1) is 44.1. The highest BCUT2D eigenvalue weighted by atomic mass is 19.1. The van der Waals surface area contributed by atoms with Crippen molar-refractivity contribution in [3.8, 4) is 22.8 Å². The molecule has 53 heavy (non-hydrogen) atoms. The van der Waals surface area contributed by atoms with Crippen LogP contribution in [0.15, 0.2) is 73.4 Å². The van der Waals surface area contributed by atoms with Crippen molar-refractivity contribution in [2.75, 3.05) is 66.0 Å². The van der Waals surface area contributed by atoms with Crippen LogP contribution in [0.5, 0.6) is 11.5 Å². The molecule has 2 aliphatic heterocycles. The van der Waals surface area contributed by atoms with E-state index in [2.05, 4.69) is 31.3 Å². The zero-order valence-corrected chi connectivity index (χ0v) is 32.4. The van der Waals surface area contributed by atoms with Crippen molar-refractivity contribution in [2.24, 2.45) is 0 Å². The van der Waals surface area contributed by atoms with E-state index >= 15 is 0 Å². The van der Waals surface area contributed by atoms with Crippen LogP contribution in [0, 0.1) is 11.6 Å². The minimum atomic E-state index is -0.759. The lowest BCUT2D eigenvalue weighted by Crippen LogP contribution is -2.60. The predicted molar refractivity (Wildman–Crippen MR) is 206 cm³/mol. The molecule has 0 unspecified atom stereocenters. The maximum Gasteiger partial charge on any atom is 0.258 e. The number of anilines is 3. The van der Waals surface area contributed by atoms with Gasteiger partial charge in [0.15, 0.2) is 0 Å². The quantitative estimate of drug-likeness (QED) is 0.175. The lowest BCUT2D eigenvalue weighted by molar-refractivity contribution is 0.0310. The van der Waals surface area contributed by atoms with Crippen molar-refractivity contribution < 1.29 is 37.6 Å². The van der Waals surface area contributed by atoms with Gasteiger partial charge < -0.3 is 39.2 Å². The van der Waals surface area contributed by atoms with Gasteiger partial charge in [0.2, 0.25) is 0 Å². The highest BCUT2D eigenvalue weighted by molar-refractivity contribution is 6.04. The minimum Gasteiger partial charge on any atom is -0.497 e. The molecule has 4 heterocycles. The van der Waals surface area contributed by atoms with Crippen molar-refractivity contribution in [3.05, 3.63) is 102 Å². The Morgan fingerprint density at radius 2 is 1.55 bits per heavy atom. The molecule has 13 heteroatoms. The zero-order valence-electron chi connectivity index (χ0n) is 32.4. The fourth-order valence-corrected chi connectivity index (χ4v) is 5.39. The summed E-state index contributed by atoms with van der Waals surface area (Å²) in [7, 11) is 9.60. The minimum absolute atomic E-state index is 0.0583. The number of carbonyl (C=O) groups excluding carboxylic acids is 1. The van der Waals surface area contributed by atoms with Crippen LogP contribution in [0.2, 0.25) is 0 Å². The van der Waals surface area contributed by atoms with Crippen molar-refractivity contribution in [3.63, 3.8) is 0 Å². The molecule has 0 radical (unpaired) electrons. The maximum absolute atomic E-state index is 14.8. The Morgan fingerprint density at radius 3 is 2.06 bits per heavy atom. The fraction of sp³-hybridized carbons (Fsp3) is 0.375. The zero-order chi connectivity index (χ0) is 39.7. The molecule has 0 atom stereocenters. The van der Waals surface area contributed by atoms with Crippen LogP contribution in [-0.4, -0.2) is 87.2 Å². The predicted octanol–water partition coefficient (Wildman–Crippen LogP) is 7.65. The van der Waals surface area contributed by atoms with Gasteiger partial charge in [0.05, 0.1) is 73.0 Å². The molecule has 0 aliphatic carbocycles. The molecule has 1 amide bonds. The van der Waals surface area contributed by atoms with Gasteiger partial charge in [0.25, 0.3) is 5.91 Å². The van der Waals surface area contributed by atoms with E-state index in [0.29, 0.717) is 47.4 Å². The molecule has 0 bridgehead atoms. The fourth-order valence-electron chi connectivity index (χ4n) is 5.39. The standard InChI is InChI=1S/C31H29F2N5O4.C3H6.2C2H6O.C2H6/c1-31(40)16-38(17-31)19-8-10-27(34-13-19)36-24-12-23(28-21(32)5-4-6-22(28)33)35-25-15-37(30(39)29(24)25)14-18-7-9-20(41-2)11-26(18)42-3;3*1-3-2;1-2/h4-13,40H,14-17H2,1-3H3,(H,34,35,36);3H,1H2,2H3;2*1-2H3;1-2H3. The Kier molecular flexibility index (Phi) is 17.8. The Balaban J connectivity index is 0.000000794. The number of allylic oxidation sites excluding steroid dienone is 1. The third kappa shape index (κ3) is 11.7. The molecule has 2 aromatic heterocycles. The van der Waals surface area contributed by atoms with E-state index in [1.807, 2.05) is 37.8 Å². The summed E-state index contributed by atoms with van der Waals surface area (Å²) in [6, 6.07) is 14.0. The molecule has 0 saturated carbocycles. The third-order valence-corrected chi connectivity index (χ3v) is 7.45. The number of nitrogens with one attached hydrogen (secondary N) is 1. The number of methoxy groups -OCH3 is 4. The van der Waals surface area contributed by atoms with Gasteiger partial charge in [-0.3, -0.25) is 4.79 Å². The molecule has 1 fully saturated rings. The van der Waals surface area contributed by atoms with Gasteiger partial charge in [-0.25, -0.2) is 18.7 Å². The molecule has 0 spiro atoms. The number of carbonyl (C=O) groups is 1. The number of pyridine rings is 2. The number of β-amino-alcohol motifs (C(OH)–C–C–N with tert-alkyl or cyclic N) is 1. The summed E-state index contributed by atoms with van der Waals surface area (Å²) in [6.07, 6.45) is 3.42. The molecule has 6 rings (SSSR count). The first-order valence-electron chi connectivity index (χ1n) is 17.0. The summed E-state index contributed by atoms with van der Waals surface area (Å²) in [4.78, 5) is 26.4. The average Bonchev–Trinajstić information content (AvgIpc) is 3.44. The summed E-state index contributed by atoms with van der Waals surface area (Å²) in [5.74, 6) is -0.197. The van der Waals surface area contributed by atoms with Crippen LogP contribution in [-0.2, 0) is 22.6 Å². The maximum atomic E-state index is 14.8. The number of halogens is 2. The van der Waals surface area contributed by atoms with E-state index < -0.39 is 17.2 Å². The number of fused-ring (bicyclic) bond motifs is 1. The summed E-state index contributed by atoms with van der Waals surface area (Å²) >= 11 is 0. The van der Waals surface area contributed by atoms with Crippen LogP contribution in [0.1, 0.15) is 49.3 Å². The summed E-state index contributed by atoms with van der Waals surface area (Å²) in [6.45, 7) is 12.4. The molecule has 288 valence electrons. The summed E-state index contributed by atoms with van der Waals surface area (Å²) < 4.78 is 48.9. The largest absolute Gasteiger partial charge is 0.497 e. The first-order chi connectivity index (χ1) is 25.4. The van der Waals surface area contributed by atoms with E-state index in [4.69, 9.17) is 9.47 Å². The Hall–Kier alpha value is -5.11. The van der Waals surface area contributed by atoms with E-state index in [1.54, 1.807) is 85.0 Å². The number of hydrogen-bond acceptors (Lipinski definition) is 10. The van der Waals surface area contributed by atoms with Crippen molar-refractivity contribution in [1.82, 2.24) is 14.9 Å². The number of benzene rings is 2. The average molecular weight is 738 g/mol. The van der Waals surface area contributed by atoms with Crippen molar-refractivity contribution >= 4 is 23.1 Å². The van der Waals surface area contributed by atoms with E-state index in [1.165, 1.54) is 24.3 Å². The van der Waals surface area contributed by atoms with Gasteiger partial charge in [-0.2, -0.15) is 0 Å². The van der Waals surface area contributed by atoms with Crippen LogP contribution in [0.25, 0.3) is 11.3 Å². The highest BCUT2D eigenvalue weighted by Crippen LogP contribution is 2.37. The summed E-state index contributed by atoms with van der Waals surface area (Å²) in [5, 5.41) is 13.2. The van der Waals surface area contributed by atoms with Crippen molar-refractivity contribution in [1.29, 1.82) is 0 Å². The Bertz CT molecular complexity index is 1740. The molecule has 1 saturated heterocycles. The van der Waals surface area contributed by atoms with E-state index in [-0.39, 0.29) is 30.3 Å². The van der Waals surface area contributed by atoms with Crippen LogP contribution < -0.4 is 19.7 Å². The first-order valence-corrected chi connectivity index (χ1v) is 17.0. The van der Waals surface area contributed by atoms with Gasteiger partial charge in [0, 0.05) is 53.2 Å². The van der Waals surface area contributed by atoms with Gasteiger partial charge >= 0.3 is 0 Å². The topological polar surface area (TPSA) is 119 Å². The number of ether oxygens (including phenoxy) is 4. The summed E-state index contributed by atoms with van der Waals surface area (Å²) in [5.41, 5.74) is 1.67. The molecule has 11 nitrogen and oxygen atoms in total. The molecular weight excluding hydrogens is 684 g/mol. The second-order valence-corrected chi connectivity index (χ2v) is 11.9. The van der Waals surface area contributed by atoms with Crippen LogP contribution in [0.3, 0.4) is 0 Å². The lowest BCUT2D eigenvalue weighted by atomic mass is 9.96. The number of aliphatic hydroxyl groups is 1. The number of nitrogens with zero attached hydrogens (tertiary/aromatic N) is 4. The Labute approximate surface area is 312 Å². The molecule has 4 aromatic rings. The van der Waals surface area contributed by atoms with Crippen LogP contribution in [0.4, 0.5) is 26.0 Å². The number of rotatable bonds is 8. The monoisotopic (exact) mass is 737 g/mol. The molecule has 2 aliphatic rings.